The van der Waals surface area contributed by atoms with Crippen LogP contribution in [0.3, 0.4) is 0 Å². The fourth-order valence-corrected chi connectivity index (χ4v) is 2.23. The number of esters is 1. The molecule has 0 amide bonds. The minimum atomic E-state index is -1.44. The smallest absolute Gasteiger partial charge is 0.345 e. The first-order chi connectivity index (χ1) is 12.8. The molecular formula is C19H18O8. The number of carbonyl (C=O) groups excluding carboxylic acids is 1. The highest BCUT2D eigenvalue weighted by Crippen LogP contribution is 2.27. The molecule has 8 nitrogen and oxygen atoms in total. The van der Waals surface area contributed by atoms with Crippen molar-refractivity contribution in [1.29, 1.82) is 0 Å². The van der Waals surface area contributed by atoms with E-state index in [-0.39, 0.29) is 29.4 Å². The van der Waals surface area contributed by atoms with Gasteiger partial charge in [0.1, 0.15) is 0 Å². The first-order valence-electron chi connectivity index (χ1n) is 7.79. The van der Waals surface area contributed by atoms with Gasteiger partial charge < -0.3 is 29.9 Å². The molecule has 0 saturated carbocycles. The Morgan fingerprint density at radius 1 is 1.04 bits per heavy atom. The van der Waals surface area contributed by atoms with E-state index in [1.165, 1.54) is 49.6 Å². The van der Waals surface area contributed by atoms with Crippen LogP contribution in [-0.4, -0.2) is 45.6 Å². The van der Waals surface area contributed by atoms with Gasteiger partial charge in [0.15, 0.2) is 23.0 Å². The molecule has 0 saturated heterocycles. The number of aromatic hydroxyl groups is 3. The summed E-state index contributed by atoms with van der Waals surface area (Å²) in [5.41, 5.74) is 0.912. The van der Waals surface area contributed by atoms with Gasteiger partial charge in [0.05, 0.1) is 7.11 Å². The quantitative estimate of drug-likeness (QED) is 0.329. The Morgan fingerprint density at radius 3 is 2.37 bits per heavy atom. The van der Waals surface area contributed by atoms with Crippen LogP contribution >= 0.6 is 0 Å². The van der Waals surface area contributed by atoms with Crippen molar-refractivity contribution >= 4 is 18.0 Å². The molecule has 0 fully saturated rings. The zero-order valence-corrected chi connectivity index (χ0v) is 14.3. The first-order valence-corrected chi connectivity index (χ1v) is 7.79. The van der Waals surface area contributed by atoms with Crippen molar-refractivity contribution in [3.63, 3.8) is 0 Å². The highest BCUT2D eigenvalue weighted by Gasteiger charge is 2.22. The number of ether oxygens (including phenoxy) is 2. The van der Waals surface area contributed by atoms with Crippen LogP contribution in [0.4, 0.5) is 0 Å². The van der Waals surface area contributed by atoms with Crippen molar-refractivity contribution in [2.45, 2.75) is 12.5 Å². The topological polar surface area (TPSA) is 134 Å². The van der Waals surface area contributed by atoms with Gasteiger partial charge in [-0.25, -0.2) is 9.59 Å². The van der Waals surface area contributed by atoms with Crippen LogP contribution in [0.2, 0.25) is 0 Å². The lowest BCUT2D eigenvalue weighted by Gasteiger charge is -2.13. The summed E-state index contributed by atoms with van der Waals surface area (Å²) in [5, 5.41) is 37.5. The molecule has 2 aromatic carbocycles. The monoisotopic (exact) mass is 374 g/mol. The molecule has 0 aliphatic heterocycles. The summed E-state index contributed by atoms with van der Waals surface area (Å²) in [6.07, 6.45) is 0.763. The summed E-state index contributed by atoms with van der Waals surface area (Å²) in [7, 11) is 1.36. The number of methoxy groups -OCH3 is 1. The fraction of sp³-hybridized carbons (Fsp3) is 0.158. The average molecular weight is 374 g/mol. The van der Waals surface area contributed by atoms with Crippen LogP contribution in [-0.2, 0) is 20.7 Å². The number of hydrogen-bond donors (Lipinski definition) is 4. The number of rotatable bonds is 7. The van der Waals surface area contributed by atoms with Gasteiger partial charge in [-0.15, -0.1) is 0 Å². The highest BCUT2D eigenvalue weighted by atomic mass is 16.6. The van der Waals surface area contributed by atoms with Gasteiger partial charge >= 0.3 is 11.9 Å². The van der Waals surface area contributed by atoms with Crippen LogP contribution in [0.25, 0.3) is 6.08 Å². The van der Waals surface area contributed by atoms with Crippen LogP contribution in [0.15, 0.2) is 42.5 Å². The number of benzene rings is 2. The first kappa shape index (κ1) is 19.6. The maximum absolute atomic E-state index is 11.9. The molecule has 0 aromatic heterocycles. The largest absolute Gasteiger partial charge is 0.504 e. The third kappa shape index (κ3) is 5.40. The van der Waals surface area contributed by atoms with E-state index in [9.17, 15) is 30.0 Å². The van der Waals surface area contributed by atoms with Gasteiger partial charge in [-0.1, -0.05) is 12.1 Å². The van der Waals surface area contributed by atoms with Gasteiger partial charge in [0.25, 0.3) is 0 Å². The summed E-state index contributed by atoms with van der Waals surface area (Å²) in [4.78, 5) is 23.3. The number of hydrogen-bond acceptors (Lipinski definition) is 7. The number of carbonyl (C=O) groups is 2. The van der Waals surface area contributed by atoms with E-state index in [0.717, 1.165) is 6.08 Å². The second-order valence-electron chi connectivity index (χ2n) is 5.56. The number of aliphatic carboxylic acids is 1. The zero-order chi connectivity index (χ0) is 20.0. The standard InChI is InChI=1S/C19H18O8/c1-26-16-9-12(3-6-14(16)21)10-17(19(24)25)27-18(23)7-4-11-2-5-13(20)15(22)8-11/h2-9,17,20-22H,10H2,1H3,(H,24,25)/b7-4+/t17-/m1/s1. The minimum Gasteiger partial charge on any atom is -0.504 e. The Hall–Kier alpha value is -3.68. The second kappa shape index (κ2) is 8.61. The highest BCUT2D eigenvalue weighted by molar-refractivity contribution is 5.89. The molecule has 0 heterocycles. The van der Waals surface area contributed by atoms with E-state index in [2.05, 4.69) is 0 Å². The molecule has 0 radical (unpaired) electrons. The summed E-state index contributed by atoms with van der Waals surface area (Å²) in [5.74, 6) is -2.79. The Bertz CT molecular complexity index is 872. The summed E-state index contributed by atoms with van der Waals surface area (Å²) in [6, 6.07) is 8.24. The average Bonchev–Trinajstić information content (AvgIpc) is 2.63. The van der Waals surface area contributed by atoms with Crippen molar-refractivity contribution in [2.24, 2.45) is 0 Å². The maximum Gasteiger partial charge on any atom is 0.345 e. The van der Waals surface area contributed by atoms with Crippen molar-refractivity contribution in [3.05, 3.63) is 53.6 Å². The molecule has 0 aliphatic carbocycles. The molecule has 2 rings (SSSR count). The third-order valence-electron chi connectivity index (χ3n) is 3.61. The molecule has 0 unspecified atom stereocenters. The SMILES string of the molecule is COc1cc(C[C@@H](OC(=O)/C=C/c2ccc(O)c(O)c2)C(=O)O)ccc1O. The Balaban J connectivity index is 2.06. The van der Waals surface area contributed by atoms with Crippen molar-refractivity contribution in [3.8, 4) is 23.0 Å². The van der Waals surface area contributed by atoms with Crippen LogP contribution in [0, 0.1) is 0 Å². The number of phenols is 3. The second-order valence-corrected chi connectivity index (χ2v) is 5.56. The number of phenolic OH excluding ortho intramolecular Hbond substituents is 3. The molecular weight excluding hydrogens is 356 g/mol. The number of carboxylic acid groups (broad SMARTS) is 1. The van der Waals surface area contributed by atoms with E-state index in [1.54, 1.807) is 0 Å². The lowest BCUT2D eigenvalue weighted by molar-refractivity contribution is -0.160. The van der Waals surface area contributed by atoms with Gasteiger partial charge in [-0.3, -0.25) is 0 Å². The van der Waals surface area contributed by atoms with Crippen LogP contribution in [0.5, 0.6) is 23.0 Å². The Labute approximate surface area is 154 Å². The predicted molar refractivity (Wildman–Crippen MR) is 94.7 cm³/mol. The van der Waals surface area contributed by atoms with E-state index in [1.807, 2.05) is 0 Å². The van der Waals surface area contributed by atoms with E-state index in [0.29, 0.717) is 11.1 Å². The maximum atomic E-state index is 11.9. The lowest BCUT2D eigenvalue weighted by atomic mass is 10.1. The molecule has 1 atom stereocenters. The molecule has 142 valence electrons. The number of carboxylic acids is 1. The van der Waals surface area contributed by atoms with Crippen molar-refractivity contribution < 1.29 is 39.5 Å². The molecule has 4 N–H and O–H groups in total. The van der Waals surface area contributed by atoms with Crippen molar-refractivity contribution in [2.75, 3.05) is 7.11 Å². The normalized spacial score (nSPS) is 11.9. The molecule has 27 heavy (non-hydrogen) atoms. The summed E-state index contributed by atoms with van der Waals surface area (Å²) < 4.78 is 9.91. The molecule has 0 aliphatic rings. The Morgan fingerprint density at radius 2 is 1.74 bits per heavy atom. The van der Waals surface area contributed by atoms with E-state index < -0.39 is 18.0 Å². The molecule has 0 spiro atoms. The Kier molecular flexibility index (Phi) is 6.27. The minimum absolute atomic E-state index is 0.0924. The molecule has 2 aromatic rings. The third-order valence-corrected chi connectivity index (χ3v) is 3.61. The molecule has 8 heteroatoms. The lowest BCUT2D eigenvalue weighted by Crippen LogP contribution is -2.28. The molecule has 0 bridgehead atoms. The summed E-state index contributed by atoms with van der Waals surface area (Å²) in [6.45, 7) is 0. The van der Waals surface area contributed by atoms with Gasteiger partial charge in [-0.2, -0.15) is 0 Å². The van der Waals surface area contributed by atoms with Gasteiger partial charge in [-0.05, 0) is 41.5 Å². The fourth-order valence-electron chi connectivity index (χ4n) is 2.23. The van der Waals surface area contributed by atoms with Crippen molar-refractivity contribution in [1.82, 2.24) is 0 Å². The van der Waals surface area contributed by atoms with Crippen LogP contribution < -0.4 is 4.74 Å². The van der Waals surface area contributed by atoms with E-state index >= 15 is 0 Å². The van der Waals surface area contributed by atoms with E-state index in [4.69, 9.17) is 9.47 Å². The summed E-state index contributed by atoms with van der Waals surface area (Å²) >= 11 is 0. The van der Waals surface area contributed by atoms with Gasteiger partial charge in [0, 0.05) is 12.5 Å². The van der Waals surface area contributed by atoms with Gasteiger partial charge in [0.2, 0.25) is 6.10 Å². The predicted octanol–water partition coefficient (Wildman–Crippen LogP) is 2.06. The van der Waals surface area contributed by atoms with Crippen LogP contribution in [0.1, 0.15) is 11.1 Å². The zero-order valence-electron chi connectivity index (χ0n) is 14.3.